The fourth-order valence-electron chi connectivity index (χ4n) is 1.49. The molecule has 1 unspecified atom stereocenters. The van der Waals surface area contributed by atoms with Crippen molar-refractivity contribution in [1.82, 2.24) is 9.97 Å². The highest BCUT2D eigenvalue weighted by molar-refractivity contribution is 9.10. The highest BCUT2D eigenvalue weighted by Gasteiger charge is 2.11. The molecule has 0 aliphatic heterocycles. The molecule has 3 N–H and O–H groups in total. The van der Waals surface area contributed by atoms with Crippen molar-refractivity contribution in [2.45, 2.75) is 32.7 Å². The molecule has 0 aliphatic carbocycles. The smallest absolute Gasteiger partial charge is 0.146 e. The standard InChI is InChI=1S/C11H19BrN4O/c1-3-8(5-6-17)16-11-9(12)10(13-4-2)14-7-15-11/h7-8,17H,3-6H2,1-2H3,(H2,13,14,15,16). The van der Waals surface area contributed by atoms with Crippen molar-refractivity contribution >= 4 is 27.6 Å². The molecule has 1 heterocycles. The van der Waals surface area contributed by atoms with E-state index in [9.17, 15) is 0 Å². The number of aliphatic hydroxyl groups is 1. The van der Waals surface area contributed by atoms with Crippen molar-refractivity contribution in [2.24, 2.45) is 0 Å². The maximum absolute atomic E-state index is 8.96. The maximum Gasteiger partial charge on any atom is 0.146 e. The predicted octanol–water partition coefficient (Wildman–Crippen LogP) is 2.24. The van der Waals surface area contributed by atoms with Gasteiger partial charge in [-0.05, 0) is 35.7 Å². The van der Waals surface area contributed by atoms with Crippen LogP contribution in [0.5, 0.6) is 0 Å². The summed E-state index contributed by atoms with van der Waals surface area (Å²) in [5, 5.41) is 15.4. The topological polar surface area (TPSA) is 70.1 Å². The van der Waals surface area contributed by atoms with Crippen LogP contribution in [-0.4, -0.2) is 34.3 Å². The quantitative estimate of drug-likeness (QED) is 0.721. The lowest BCUT2D eigenvalue weighted by Crippen LogP contribution is -2.21. The molecule has 0 saturated carbocycles. The van der Waals surface area contributed by atoms with Gasteiger partial charge in [-0.1, -0.05) is 6.92 Å². The molecule has 0 aliphatic rings. The fraction of sp³-hybridized carbons (Fsp3) is 0.636. The number of aromatic nitrogens is 2. The number of rotatable bonds is 7. The largest absolute Gasteiger partial charge is 0.396 e. The summed E-state index contributed by atoms with van der Waals surface area (Å²) in [4.78, 5) is 8.35. The Balaban J connectivity index is 2.79. The van der Waals surface area contributed by atoms with Gasteiger partial charge in [-0.15, -0.1) is 0 Å². The summed E-state index contributed by atoms with van der Waals surface area (Å²) >= 11 is 3.48. The minimum absolute atomic E-state index is 0.175. The van der Waals surface area contributed by atoms with E-state index in [1.54, 1.807) is 0 Å². The molecular weight excluding hydrogens is 284 g/mol. The third-order valence-corrected chi connectivity index (χ3v) is 3.20. The summed E-state index contributed by atoms with van der Waals surface area (Å²) in [7, 11) is 0. The normalized spacial score (nSPS) is 12.2. The number of hydrogen-bond acceptors (Lipinski definition) is 5. The van der Waals surface area contributed by atoms with Crippen LogP contribution in [0.4, 0.5) is 11.6 Å². The second-order valence-electron chi connectivity index (χ2n) is 3.68. The van der Waals surface area contributed by atoms with Crippen molar-refractivity contribution in [3.8, 4) is 0 Å². The molecule has 0 saturated heterocycles. The van der Waals surface area contributed by atoms with Crippen molar-refractivity contribution in [2.75, 3.05) is 23.8 Å². The average Bonchev–Trinajstić information content (AvgIpc) is 2.33. The lowest BCUT2D eigenvalue weighted by molar-refractivity contribution is 0.278. The van der Waals surface area contributed by atoms with Crippen molar-refractivity contribution in [1.29, 1.82) is 0 Å². The van der Waals surface area contributed by atoms with E-state index in [-0.39, 0.29) is 12.6 Å². The Kier molecular flexibility index (Phi) is 6.21. The van der Waals surface area contributed by atoms with Crippen LogP contribution in [-0.2, 0) is 0 Å². The Morgan fingerprint density at radius 3 is 2.65 bits per heavy atom. The first-order valence-electron chi connectivity index (χ1n) is 5.84. The number of aliphatic hydroxyl groups excluding tert-OH is 1. The Morgan fingerprint density at radius 2 is 2.06 bits per heavy atom. The zero-order valence-electron chi connectivity index (χ0n) is 10.2. The van der Waals surface area contributed by atoms with Gasteiger partial charge in [0.05, 0.1) is 0 Å². The van der Waals surface area contributed by atoms with Gasteiger partial charge in [-0.25, -0.2) is 9.97 Å². The van der Waals surface area contributed by atoms with E-state index in [0.717, 1.165) is 29.1 Å². The lowest BCUT2D eigenvalue weighted by Gasteiger charge is -2.18. The molecule has 0 radical (unpaired) electrons. The molecule has 0 aromatic carbocycles. The van der Waals surface area contributed by atoms with Crippen LogP contribution in [0, 0.1) is 0 Å². The van der Waals surface area contributed by atoms with Crippen LogP contribution in [0.25, 0.3) is 0 Å². The van der Waals surface area contributed by atoms with Gasteiger partial charge < -0.3 is 15.7 Å². The number of nitrogens with zero attached hydrogens (tertiary/aromatic N) is 2. The van der Waals surface area contributed by atoms with Gasteiger partial charge >= 0.3 is 0 Å². The molecule has 1 atom stereocenters. The molecule has 1 rings (SSSR count). The number of nitrogens with one attached hydrogen (secondary N) is 2. The lowest BCUT2D eigenvalue weighted by atomic mass is 10.1. The van der Waals surface area contributed by atoms with Crippen LogP contribution >= 0.6 is 15.9 Å². The van der Waals surface area contributed by atoms with Gasteiger partial charge in [0.1, 0.15) is 22.4 Å². The second-order valence-corrected chi connectivity index (χ2v) is 4.47. The maximum atomic E-state index is 8.96. The van der Waals surface area contributed by atoms with Crippen LogP contribution in [0.3, 0.4) is 0 Å². The van der Waals surface area contributed by atoms with E-state index in [2.05, 4.69) is 43.5 Å². The van der Waals surface area contributed by atoms with Gasteiger partial charge in [-0.2, -0.15) is 0 Å². The second kappa shape index (κ2) is 7.45. The Hall–Kier alpha value is -0.880. The van der Waals surface area contributed by atoms with Crippen LogP contribution in [0.2, 0.25) is 0 Å². The number of anilines is 2. The number of hydrogen-bond donors (Lipinski definition) is 3. The number of halogens is 1. The summed E-state index contributed by atoms with van der Waals surface area (Å²) in [6, 6.07) is 0.223. The Morgan fingerprint density at radius 1 is 1.35 bits per heavy atom. The zero-order valence-corrected chi connectivity index (χ0v) is 11.8. The van der Waals surface area contributed by atoms with Crippen molar-refractivity contribution in [3.05, 3.63) is 10.8 Å². The molecule has 0 amide bonds. The SMILES string of the molecule is CCNc1ncnc(NC(CC)CCO)c1Br. The summed E-state index contributed by atoms with van der Waals surface area (Å²) in [5.41, 5.74) is 0. The molecule has 1 aromatic rings. The van der Waals surface area contributed by atoms with Gasteiger partial charge in [-0.3, -0.25) is 0 Å². The zero-order chi connectivity index (χ0) is 12.7. The minimum Gasteiger partial charge on any atom is -0.396 e. The summed E-state index contributed by atoms with van der Waals surface area (Å²) in [6.45, 7) is 5.08. The molecule has 0 spiro atoms. The average molecular weight is 303 g/mol. The first-order valence-corrected chi connectivity index (χ1v) is 6.63. The van der Waals surface area contributed by atoms with Crippen molar-refractivity contribution in [3.63, 3.8) is 0 Å². The van der Waals surface area contributed by atoms with E-state index in [4.69, 9.17) is 5.11 Å². The molecular formula is C11H19BrN4O. The van der Waals surface area contributed by atoms with Crippen molar-refractivity contribution < 1.29 is 5.11 Å². The molecule has 0 fully saturated rings. The third kappa shape index (κ3) is 4.12. The van der Waals surface area contributed by atoms with Crippen LogP contribution < -0.4 is 10.6 Å². The van der Waals surface area contributed by atoms with E-state index in [0.29, 0.717) is 6.42 Å². The fourth-order valence-corrected chi connectivity index (χ4v) is 1.95. The van der Waals surface area contributed by atoms with Gasteiger partial charge in [0.15, 0.2) is 0 Å². The predicted molar refractivity (Wildman–Crippen MR) is 73.3 cm³/mol. The molecule has 6 heteroatoms. The third-order valence-electron chi connectivity index (χ3n) is 2.44. The highest BCUT2D eigenvalue weighted by Crippen LogP contribution is 2.27. The summed E-state index contributed by atoms with van der Waals surface area (Å²) in [5.74, 6) is 1.54. The van der Waals surface area contributed by atoms with Gasteiger partial charge in [0, 0.05) is 19.2 Å². The molecule has 17 heavy (non-hydrogen) atoms. The highest BCUT2D eigenvalue weighted by atomic mass is 79.9. The van der Waals surface area contributed by atoms with Gasteiger partial charge in [0.25, 0.3) is 0 Å². The van der Waals surface area contributed by atoms with E-state index in [1.807, 2.05) is 6.92 Å². The Labute approximate surface area is 110 Å². The summed E-state index contributed by atoms with van der Waals surface area (Å²) < 4.78 is 0.832. The van der Waals surface area contributed by atoms with Crippen LogP contribution in [0.1, 0.15) is 26.7 Å². The molecule has 0 bridgehead atoms. The monoisotopic (exact) mass is 302 g/mol. The van der Waals surface area contributed by atoms with E-state index < -0.39 is 0 Å². The molecule has 5 nitrogen and oxygen atoms in total. The molecule has 1 aromatic heterocycles. The minimum atomic E-state index is 0.175. The first-order chi connectivity index (χ1) is 8.22. The van der Waals surface area contributed by atoms with E-state index >= 15 is 0 Å². The van der Waals surface area contributed by atoms with Gasteiger partial charge in [0.2, 0.25) is 0 Å². The molecule has 96 valence electrons. The van der Waals surface area contributed by atoms with E-state index in [1.165, 1.54) is 6.33 Å². The Bertz CT molecular complexity index is 348. The first kappa shape index (κ1) is 14.2. The van der Waals surface area contributed by atoms with Crippen LogP contribution in [0.15, 0.2) is 10.8 Å². The summed E-state index contributed by atoms with van der Waals surface area (Å²) in [6.07, 6.45) is 3.17.